The number of hydrogen-bond acceptors (Lipinski definition) is 7. The summed E-state index contributed by atoms with van der Waals surface area (Å²) >= 11 is 0. The van der Waals surface area contributed by atoms with Crippen molar-refractivity contribution >= 4 is 0 Å². The molecule has 2 bridgehead atoms. The van der Waals surface area contributed by atoms with Gasteiger partial charge in [0, 0.05) is 6.61 Å². The standard InChI is InChI=1S/C26H44O7/c1-24(14-28)7-3-8-25(2)18(24)6-9-26-10-15(4-5-19(25)26)16(11-26)13-32-23-22(31)21(30)20(29)17(12-27)33-23/h15-23,27-31H,3-14H2,1-2H3/t15-,16-,17-,18?,19?,20-,21+,22-,23+,24+,25-,26+/m1/s1. The summed E-state index contributed by atoms with van der Waals surface area (Å²) in [5, 5.41) is 50.1. The third-order valence-electron chi connectivity index (χ3n) is 11.1. The minimum Gasteiger partial charge on any atom is -0.396 e. The van der Waals surface area contributed by atoms with E-state index in [1.807, 2.05) is 0 Å². The molecule has 1 saturated heterocycles. The van der Waals surface area contributed by atoms with Crippen LogP contribution in [0, 0.1) is 39.9 Å². The Hall–Kier alpha value is -0.280. The predicted octanol–water partition coefficient (Wildman–Crippen LogP) is 1.82. The largest absolute Gasteiger partial charge is 0.396 e. The van der Waals surface area contributed by atoms with Gasteiger partial charge in [0.05, 0.1) is 13.2 Å². The maximum absolute atomic E-state index is 10.3. The zero-order chi connectivity index (χ0) is 23.6. The van der Waals surface area contributed by atoms with Gasteiger partial charge in [-0.1, -0.05) is 20.3 Å². The molecular weight excluding hydrogens is 424 g/mol. The molecule has 1 aliphatic heterocycles. The average molecular weight is 469 g/mol. The highest BCUT2D eigenvalue weighted by Crippen LogP contribution is 2.72. The quantitative estimate of drug-likeness (QED) is 0.418. The molecule has 4 aliphatic carbocycles. The normalized spacial score (nSPS) is 56.3. The second-order valence-electron chi connectivity index (χ2n) is 12.7. The van der Waals surface area contributed by atoms with Crippen LogP contribution in [0.25, 0.3) is 0 Å². The number of hydrogen-bond donors (Lipinski definition) is 5. The van der Waals surface area contributed by atoms with Gasteiger partial charge in [-0.15, -0.1) is 0 Å². The first-order valence-electron chi connectivity index (χ1n) is 13.2. The van der Waals surface area contributed by atoms with E-state index >= 15 is 0 Å². The molecule has 7 heteroatoms. The van der Waals surface area contributed by atoms with Crippen LogP contribution in [0.2, 0.25) is 0 Å². The van der Waals surface area contributed by atoms with Crippen molar-refractivity contribution < 1.29 is 35.0 Å². The van der Waals surface area contributed by atoms with Crippen molar-refractivity contribution in [3.63, 3.8) is 0 Å². The molecule has 0 amide bonds. The molecule has 2 unspecified atom stereocenters. The molecule has 1 spiro atoms. The Morgan fingerprint density at radius 3 is 2.39 bits per heavy atom. The summed E-state index contributed by atoms with van der Waals surface area (Å²) in [6.07, 6.45) is 4.87. The fraction of sp³-hybridized carbons (Fsp3) is 1.00. The number of aliphatic hydroxyl groups is 5. The van der Waals surface area contributed by atoms with E-state index in [2.05, 4.69) is 13.8 Å². The Labute approximate surface area is 197 Å². The lowest BCUT2D eigenvalue weighted by Crippen LogP contribution is -2.59. The van der Waals surface area contributed by atoms with Gasteiger partial charge in [0.2, 0.25) is 0 Å². The zero-order valence-corrected chi connectivity index (χ0v) is 20.2. The van der Waals surface area contributed by atoms with Crippen LogP contribution in [0.4, 0.5) is 0 Å². The van der Waals surface area contributed by atoms with Crippen molar-refractivity contribution in [2.75, 3.05) is 19.8 Å². The van der Waals surface area contributed by atoms with Crippen LogP contribution in [0.3, 0.4) is 0 Å². The van der Waals surface area contributed by atoms with Gasteiger partial charge in [0.25, 0.3) is 0 Å². The highest BCUT2D eigenvalue weighted by Gasteiger charge is 2.64. The molecular formula is C26H44O7. The van der Waals surface area contributed by atoms with Crippen molar-refractivity contribution in [2.24, 2.45) is 39.9 Å². The summed E-state index contributed by atoms with van der Waals surface area (Å²) in [7, 11) is 0. The summed E-state index contributed by atoms with van der Waals surface area (Å²) in [6, 6.07) is 0. The Bertz CT molecular complexity index is 717. The van der Waals surface area contributed by atoms with Crippen LogP contribution in [-0.4, -0.2) is 76.1 Å². The number of aliphatic hydroxyl groups excluding tert-OH is 5. The molecule has 0 radical (unpaired) electrons. The van der Waals surface area contributed by atoms with Gasteiger partial charge in [-0.2, -0.15) is 0 Å². The third-order valence-corrected chi connectivity index (χ3v) is 11.1. The fourth-order valence-electron chi connectivity index (χ4n) is 9.53. The van der Waals surface area contributed by atoms with Crippen LogP contribution in [0.5, 0.6) is 0 Å². The minimum atomic E-state index is -1.39. The lowest BCUT2D eigenvalue weighted by atomic mass is 9.41. The summed E-state index contributed by atoms with van der Waals surface area (Å²) in [4.78, 5) is 0. The van der Waals surface area contributed by atoms with E-state index in [1.165, 1.54) is 44.9 Å². The van der Waals surface area contributed by atoms with Gasteiger partial charge >= 0.3 is 0 Å². The lowest BCUT2D eigenvalue weighted by molar-refractivity contribution is -0.303. The molecule has 7 nitrogen and oxygen atoms in total. The van der Waals surface area contributed by atoms with Gasteiger partial charge in [-0.05, 0) is 91.3 Å². The predicted molar refractivity (Wildman–Crippen MR) is 121 cm³/mol. The molecule has 0 aromatic rings. The van der Waals surface area contributed by atoms with Crippen molar-refractivity contribution in [2.45, 2.75) is 102 Å². The summed E-state index contributed by atoms with van der Waals surface area (Å²) in [5.74, 6) is 2.30. The zero-order valence-electron chi connectivity index (χ0n) is 20.2. The van der Waals surface area contributed by atoms with Crippen molar-refractivity contribution in [3.8, 4) is 0 Å². The fourth-order valence-corrected chi connectivity index (χ4v) is 9.53. The molecule has 5 N–H and O–H groups in total. The molecule has 0 aromatic carbocycles. The van der Waals surface area contributed by atoms with Gasteiger partial charge < -0.3 is 35.0 Å². The first-order chi connectivity index (χ1) is 15.7. The first kappa shape index (κ1) is 24.4. The Kier molecular flexibility index (Phi) is 6.42. The van der Waals surface area contributed by atoms with E-state index < -0.39 is 37.3 Å². The summed E-state index contributed by atoms with van der Waals surface area (Å²) in [6.45, 7) is 5.16. The van der Waals surface area contributed by atoms with Gasteiger partial charge in [0.15, 0.2) is 6.29 Å². The topological polar surface area (TPSA) is 120 Å². The van der Waals surface area contributed by atoms with E-state index in [1.54, 1.807) is 0 Å². The maximum Gasteiger partial charge on any atom is 0.186 e. The summed E-state index contributed by atoms with van der Waals surface area (Å²) in [5.41, 5.74) is 0.701. The van der Waals surface area contributed by atoms with Crippen LogP contribution >= 0.6 is 0 Å². The SMILES string of the molecule is C[C@@]1(CO)CCC[C@]2(C)C1CC[C@@]13C[C@@H](CCC12)[C@@H](CO[C@H]1O[C@H](CO)[C@@H](O)[C@H](O)[C@H]1O)C3. The smallest absolute Gasteiger partial charge is 0.186 e. The molecule has 4 saturated carbocycles. The highest BCUT2D eigenvalue weighted by atomic mass is 16.7. The second kappa shape index (κ2) is 8.68. The third kappa shape index (κ3) is 3.73. The van der Waals surface area contributed by atoms with Gasteiger partial charge in [-0.3, -0.25) is 0 Å². The minimum absolute atomic E-state index is 0.0513. The Morgan fingerprint density at radius 2 is 1.67 bits per heavy atom. The van der Waals surface area contributed by atoms with Crippen molar-refractivity contribution in [3.05, 3.63) is 0 Å². The van der Waals surface area contributed by atoms with Crippen LogP contribution in [0.1, 0.15) is 71.6 Å². The van der Waals surface area contributed by atoms with Crippen molar-refractivity contribution in [1.29, 1.82) is 0 Å². The number of rotatable bonds is 5. The Morgan fingerprint density at radius 1 is 0.879 bits per heavy atom. The lowest BCUT2D eigenvalue weighted by Gasteiger charge is -2.64. The molecule has 5 fully saturated rings. The molecule has 190 valence electrons. The highest BCUT2D eigenvalue weighted by molar-refractivity contribution is 5.13. The van der Waals surface area contributed by atoms with E-state index in [0.29, 0.717) is 47.7 Å². The molecule has 0 aromatic heterocycles. The van der Waals surface area contributed by atoms with E-state index in [0.717, 1.165) is 12.8 Å². The van der Waals surface area contributed by atoms with Crippen molar-refractivity contribution in [1.82, 2.24) is 0 Å². The first-order valence-corrected chi connectivity index (χ1v) is 13.2. The Balaban J connectivity index is 1.28. The summed E-state index contributed by atoms with van der Waals surface area (Å²) < 4.78 is 11.6. The van der Waals surface area contributed by atoms with Gasteiger partial charge in [0.1, 0.15) is 24.4 Å². The van der Waals surface area contributed by atoms with E-state index in [9.17, 15) is 25.5 Å². The van der Waals surface area contributed by atoms with Crippen LogP contribution in [0.15, 0.2) is 0 Å². The molecule has 12 atom stereocenters. The van der Waals surface area contributed by atoms with E-state index in [4.69, 9.17) is 9.47 Å². The number of fused-ring (bicyclic) bond motifs is 3. The van der Waals surface area contributed by atoms with E-state index in [-0.39, 0.29) is 5.41 Å². The number of ether oxygens (including phenoxy) is 2. The molecule has 1 heterocycles. The maximum atomic E-state index is 10.3. The average Bonchev–Trinajstić information content (AvgIpc) is 3.06. The van der Waals surface area contributed by atoms with Crippen LogP contribution < -0.4 is 0 Å². The van der Waals surface area contributed by atoms with Gasteiger partial charge in [-0.25, -0.2) is 0 Å². The second-order valence-corrected chi connectivity index (χ2v) is 12.7. The monoisotopic (exact) mass is 468 g/mol. The van der Waals surface area contributed by atoms with Crippen LogP contribution in [-0.2, 0) is 9.47 Å². The molecule has 5 aliphatic rings. The molecule has 5 rings (SSSR count). The molecule has 33 heavy (non-hydrogen) atoms.